The maximum Gasteiger partial charge on any atom is 0.335 e. The molecule has 0 radical (unpaired) electrons. The first kappa shape index (κ1) is 39.3. The number of nitrogens with two attached hydrogens (primary N) is 3. The molecule has 0 rings (SSSR count). The Kier molecular flexibility index (Phi) is 20.5. The highest BCUT2D eigenvalue weighted by molar-refractivity contribution is 5.91. The van der Waals surface area contributed by atoms with Crippen molar-refractivity contribution in [3.05, 3.63) is 0 Å². The molecule has 0 aliphatic heterocycles. The van der Waals surface area contributed by atoms with Crippen LogP contribution in [0.5, 0.6) is 0 Å². The lowest BCUT2D eigenvalue weighted by atomic mass is 9.91. The SMILES string of the molecule is COC(=O)C(CCCCN)NC(=O)[C@H](CCCCN)CC(=O)[C@H](N)CCCCNC(=O)[C@H](O)[C@@H](O)[C@@H](O)[C@H](O)C(=O)O. The Labute approximate surface area is 245 Å². The van der Waals surface area contributed by atoms with Crippen molar-refractivity contribution in [2.75, 3.05) is 26.7 Å². The Balaban J connectivity index is 4.86. The summed E-state index contributed by atoms with van der Waals surface area (Å²) in [5.74, 6) is -5.06. The van der Waals surface area contributed by atoms with E-state index in [4.69, 9.17) is 27.0 Å². The van der Waals surface area contributed by atoms with Gasteiger partial charge in [0.2, 0.25) is 5.91 Å². The number of rotatable bonds is 24. The van der Waals surface area contributed by atoms with Crippen molar-refractivity contribution in [1.82, 2.24) is 10.6 Å². The topological polar surface area (TPSA) is 298 Å². The number of aliphatic carboxylic acids is 1. The van der Waals surface area contributed by atoms with E-state index in [-0.39, 0.29) is 25.2 Å². The second kappa shape index (κ2) is 21.9. The first-order valence-electron chi connectivity index (χ1n) is 14.1. The molecule has 0 aromatic rings. The van der Waals surface area contributed by atoms with E-state index in [1.807, 2.05) is 0 Å². The number of ether oxygens (including phenoxy) is 1. The molecular weight excluding hydrogens is 558 g/mol. The molecule has 1 unspecified atom stereocenters. The number of hydrogen-bond donors (Lipinski definition) is 10. The van der Waals surface area contributed by atoms with Crippen molar-refractivity contribution in [3.8, 4) is 0 Å². The lowest BCUT2D eigenvalue weighted by Gasteiger charge is -2.24. The molecule has 0 saturated heterocycles. The van der Waals surface area contributed by atoms with Gasteiger partial charge >= 0.3 is 11.9 Å². The highest BCUT2D eigenvalue weighted by Crippen LogP contribution is 2.17. The van der Waals surface area contributed by atoms with Crippen LogP contribution in [-0.4, -0.2) is 118 Å². The van der Waals surface area contributed by atoms with E-state index in [9.17, 15) is 44.4 Å². The van der Waals surface area contributed by atoms with Crippen LogP contribution in [0.25, 0.3) is 0 Å². The van der Waals surface area contributed by atoms with Gasteiger partial charge in [-0.3, -0.25) is 14.4 Å². The first-order chi connectivity index (χ1) is 19.8. The fraction of sp³-hybridized carbons (Fsp3) is 0.808. The van der Waals surface area contributed by atoms with Crippen LogP contribution in [0.4, 0.5) is 0 Å². The molecule has 244 valence electrons. The van der Waals surface area contributed by atoms with Crippen LogP contribution < -0.4 is 27.8 Å². The summed E-state index contributed by atoms with van der Waals surface area (Å²) in [5, 5.41) is 52.0. The van der Waals surface area contributed by atoms with Crippen molar-refractivity contribution in [2.45, 2.75) is 101 Å². The second-order valence-corrected chi connectivity index (χ2v) is 10.1. The molecule has 0 aromatic carbocycles. The zero-order chi connectivity index (χ0) is 32.2. The number of carboxylic acids is 1. The summed E-state index contributed by atoms with van der Waals surface area (Å²) in [7, 11) is 1.22. The minimum Gasteiger partial charge on any atom is -0.479 e. The number of esters is 1. The summed E-state index contributed by atoms with van der Waals surface area (Å²) >= 11 is 0. The largest absolute Gasteiger partial charge is 0.479 e. The molecule has 7 atom stereocenters. The van der Waals surface area contributed by atoms with Crippen molar-refractivity contribution >= 4 is 29.5 Å². The van der Waals surface area contributed by atoms with Crippen LogP contribution in [0, 0.1) is 5.92 Å². The van der Waals surface area contributed by atoms with E-state index in [0.29, 0.717) is 64.5 Å². The molecule has 0 spiro atoms. The number of ketones is 1. The minimum absolute atomic E-state index is 0.00426. The molecule has 2 amide bonds. The molecule has 16 nitrogen and oxygen atoms in total. The monoisotopic (exact) mass is 607 g/mol. The van der Waals surface area contributed by atoms with Crippen molar-refractivity contribution < 1.29 is 54.2 Å². The molecule has 0 aliphatic carbocycles. The number of hydrogen-bond acceptors (Lipinski definition) is 13. The summed E-state index contributed by atoms with van der Waals surface area (Å²) in [4.78, 5) is 60.7. The van der Waals surface area contributed by atoms with Crippen molar-refractivity contribution in [1.29, 1.82) is 0 Å². The predicted octanol–water partition coefficient (Wildman–Crippen LogP) is -3.38. The van der Waals surface area contributed by atoms with Gasteiger partial charge in [0.25, 0.3) is 5.91 Å². The van der Waals surface area contributed by atoms with Gasteiger partial charge in [-0.25, -0.2) is 9.59 Å². The molecule has 0 fully saturated rings. The zero-order valence-corrected chi connectivity index (χ0v) is 24.2. The standard InChI is InChI=1S/C26H49N5O11/c1-42-26(41)17(10-3-6-12-28)31-23(37)15(8-2-5-11-27)14-18(32)16(29)9-4-7-13-30-24(38)21(35)19(33)20(34)22(36)25(39)40/h15-17,19-22,33-36H,2-14,27-29H2,1H3,(H,30,38)(H,31,37)(H,39,40)/t15-,16-,17?,19+,20-,21-,22+/m1/s1. The minimum atomic E-state index is -2.40. The molecule has 0 aliphatic rings. The smallest absolute Gasteiger partial charge is 0.335 e. The van der Waals surface area contributed by atoms with Gasteiger partial charge in [-0.05, 0) is 64.5 Å². The molecule has 13 N–H and O–H groups in total. The fourth-order valence-electron chi connectivity index (χ4n) is 4.07. The van der Waals surface area contributed by atoms with Crippen LogP contribution in [0.2, 0.25) is 0 Å². The van der Waals surface area contributed by atoms with Gasteiger partial charge in [0.15, 0.2) is 12.2 Å². The second-order valence-electron chi connectivity index (χ2n) is 10.1. The number of aliphatic hydroxyl groups excluding tert-OH is 4. The fourth-order valence-corrected chi connectivity index (χ4v) is 4.07. The average Bonchev–Trinajstić information content (AvgIpc) is 2.97. The first-order valence-corrected chi connectivity index (χ1v) is 14.1. The molecule has 0 heterocycles. The van der Waals surface area contributed by atoms with E-state index in [1.54, 1.807) is 0 Å². The third-order valence-corrected chi connectivity index (χ3v) is 6.75. The number of methoxy groups -OCH3 is 1. The number of carbonyl (C=O) groups is 5. The summed E-state index contributed by atoms with van der Waals surface area (Å²) in [6.45, 7) is 0.866. The molecule has 0 aromatic heterocycles. The van der Waals surface area contributed by atoms with Gasteiger partial charge in [0.1, 0.15) is 24.0 Å². The van der Waals surface area contributed by atoms with Gasteiger partial charge in [-0.1, -0.05) is 6.42 Å². The van der Waals surface area contributed by atoms with Crippen LogP contribution in [0.1, 0.15) is 64.2 Å². The summed E-state index contributed by atoms with van der Waals surface area (Å²) < 4.78 is 4.79. The Morgan fingerprint density at radius 1 is 0.762 bits per heavy atom. The lowest BCUT2D eigenvalue weighted by molar-refractivity contribution is -0.166. The highest BCUT2D eigenvalue weighted by Gasteiger charge is 2.37. The van der Waals surface area contributed by atoms with Crippen LogP contribution in [-0.2, 0) is 28.7 Å². The van der Waals surface area contributed by atoms with Crippen LogP contribution in [0.15, 0.2) is 0 Å². The van der Waals surface area contributed by atoms with E-state index in [0.717, 1.165) is 0 Å². The average molecular weight is 608 g/mol. The predicted molar refractivity (Wildman–Crippen MR) is 149 cm³/mol. The number of carboxylic acid groups (broad SMARTS) is 1. The highest BCUT2D eigenvalue weighted by atomic mass is 16.5. The van der Waals surface area contributed by atoms with E-state index >= 15 is 0 Å². The maximum atomic E-state index is 13.0. The molecule has 0 bridgehead atoms. The maximum absolute atomic E-state index is 13.0. The van der Waals surface area contributed by atoms with Crippen molar-refractivity contribution in [3.63, 3.8) is 0 Å². The number of Topliss-reactive ketones (excluding diaryl/α,β-unsaturated/α-hetero) is 1. The zero-order valence-electron chi connectivity index (χ0n) is 24.2. The number of aliphatic hydroxyl groups is 4. The number of carbonyl (C=O) groups excluding carboxylic acids is 4. The van der Waals surface area contributed by atoms with Gasteiger partial charge in [-0.2, -0.15) is 0 Å². The van der Waals surface area contributed by atoms with E-state index in [2.05, 4.69) is 10.6 Å². The third-order valence-electron chi connectivity index (χ3n) is 6.75. The number of nitrogens with one attached hydrogen (secondary N) is 2. The summed E-state index contributed by atoms with van der Waals surface area (Å²) in [5.41, 5.74) is 17.1. The number of amides is 2. The molecule has 16 heteroatoms. The summed E-state index contributed by atoms with van der Waals surface area (Å²) in [6.07, 6.45) is -5.11. The third kappa shape index (κ3) is 14.9. The Morgan fingerprint density at radius 2 is 1.31 bits per heavy atom. The molecule has 42 heavy (non-hydrogen) atoms. The van der Waals surface area contributed by atoms with E-state index < -0.39 is 66.2 Å². The van der Waals surface area contributed by atoms with Crippen LogP contribution in [0.3, 0.4) is 0 Å². The van der Waals surface area contributed by atoms with E-state index in [1.165, 1.54) is 7.11 Å². The Hall–Kier alpha value is -2.73. The van der Waals surface area contributed by atoms with Crippen LogP contribution >= 0.6 is 0 Å². The van der Waals surface area contributed by atoms with Gasteiger partial charge in [0, 0.05) is 18.9 Å². The van der Waals surface area contributed by atoms with Gasteiger partial charge in [0.05, 0.1) is 13.2 Å². The molecule has 0 saturated carbocycles. The normalized spacial score (nSPS) is 16.3. The quantitative estimate of drug-likeness (QED) is 0.0378. The summed E-state index contributed by atoms with van der Waals surface area (Å²) in [6, 6.07) is -1.76. The Bertz CT molecular complexity index is 847. The number of unbranched alkanes of at least 4 members (excludes halogenated alkanes) is 3. The van der Waals surface area contributed by atoms with Crippen molar-refractivity contribution in [2.24, 2.45) is 23.1 Å². The van der Waals surface area contributed by atoms with Gasteiger partial charge in [-0.15, -0.1) is 0 Å². The lowest BCUT2D eigenvalue weighted by Crippen LogP contribution is -2.52. The van der Waals surface area contributed by atoms with Gasteiger partial charge < -0.3 is 58.1 Å². The molecular formula is C26H49N5O11. The Morgan fingerprint density at radius 3 is 1.86 bits per heavy atom.